The molecule has 3 aliphatic rings. The summed E-state index contributed by atoms with van der Waals surface area (Å²) < 4.78 is 6.25. The number of hydrogen-bond donors (Lipinski definition) is 0. The van der Waals surface area contributed by atoms with Gasteiger partial charge in [-0.1, -0.05) is 145 Å². The highest BCUT2D eigenvalue weighted by Crippen LogP contribution is 2.55. The van der Waals surface area contributed by atoms with Crippen LogP contribution in [0.3, 0.4) is 0 Å². The molecule has 0 saturated heterocycles. The summed E-state index contributed by atoms with van der Waals surface area (Å²) in [6.45, 7) is 0. The summed E-state index contributed by atoms with van der Waals surface area (Å²) in [6, 6.07) is 49.8. The van der Waals surface area contributed by atoms with E-state index in [0.29, 0.717) is 5.92 Å². The molecule has 1 aliphatic heterocycles. The van der Waals surface area contributed by atoms with Crippen molar-refractivity contribution < 1.29 is 4.42 Å². The van der Waals surface area contributed by atoms with E-state index >= 15 is 0 Å². The second-order valence-electron chi connectivity index (χ2n) is 15.0. The van der Waals surface area contributed by atoms with Crippen molar-refractivity contribution in [2.75, 3.05) is 0 Å². The molecule has 0 amide bonds. The maximum Gasteiger partial charge on any atom is 0.136 e. The van der Waals surface area contributed by atoms with Gasteiger partial charge in [0.25, 0.3) is 0 Å². The van der Waals surface area contributed by atoms with E-state index in [-0.39, 0.29) is 0 Å². The predicted octanol–water partition coefficient (Wildman–Crippen LogP) is 15.2. The van der Waals surface area contributed by atoms with E-state index < -0.39 is 0 Å². The number of fused-ring (bicyclic) bond motifs is 10. The fourth-order valence-corrected chi connectivity index (χ4v) is 10.9. The molecule has 12 rings (SSSR count). The van der Waals surface area contributed by atoms with Gasteiger partial charge in [0.05, 0.1) is 0 Å². The van der Waals surface area contributed by atoms with Crippen molar-refractivity contribution in [3.63, 3.8) is 0 Å². The van der Waals surface area contributed by atoms with Gasteiger partial charge < -0.3 is 4.42 Å². The Morgan fingerprint density at radius 1 is 0.500 bits per heavy atom. The SMILES string of the molecule is C1=CCCC(c2c3ccccc3c(-c3ccc(C4=CC=C5Sc6cc7cc8oc9ccccc9c8cc7cc6C5C4)c4ccccc34)c3ccccc23)=C1. The minimum Gasteiger partial charge on any atom is -0.456 e. The Kier molecular flexibility index (Phi) is 6.58. The fraction of sp³-hybridized carbons (Fsp3) is 0.0769. The summed E-state index contributed by atoms with van der Waals surface area (Å²) in [7, 11) is 0. The van der Waals surface area contributed by atoms with Crippen LogP contribution in [0.2, 0.25) is 0 Å². The van der Waals surface area contributed by atoms with Crippen LogP contribution in [-0.4, -0.2) is 0 Å². The van der Waals surface area contributed by atoms with Crippen molar-refractivity contribution in [3.05, 3.63) is 185 Å². The Morgan fingerprint density at radius 2 is 1.15 bits per heavy atom. The van der Waals surface area contributed by atoms with Gasteiger partial charge in [-0.2, -0.15) is 0 Å². The third-order valence-electron chi connectivity index (χ3n) is 12.1. The van der Waals surface area contributed by atoms with Crippen molar-refractivity contribution in [3.8, 4) is 11.1 Å². The highest BCUT2D eigenvalue weighted by Gasteiger charge is 2.32. The molecule has 54 heavy (non-hydrogen) atoms. The lowest BCUT2D eigenvalue weighted by molar-refractivity contribution is 0.669. The van der Waals surface area contributed by atoms with Crippen molar-refractivity contribution in [1.82, 2.24) is 0 Å². The van der Waals surface area contributed by atoms with E-state index in [0.717, 1.165) is 30.4 Å². The summed E-state index contributed by atoms with van der Waals surface area (Å²) in [5.74, 6) is 0.356. The van der Waals surface area contributed by atoms with Gasteiger partial charge in [0.1, 0.15) is 11.2 Å². The molecule has 1 unspecified atom stereocenters. The average molecular weight is 707 g/mol. The monoisotopic (exact) mass is 706 g/mol. The van der Waals surface area contributed by atoms with Gasteiger partial charge in [-0.15, -0.1) is 0 Å². The number of rotatable bonds is 3. The minimum atomic E-state index is 0.356. The number of hydrogen-bond acceptors (Lipinski definition) is 2. The van der Waals surface area contributed by atoms with Gasteiger partial charge in [0.15, 0.2) is 0 Å². The zero-order chi connectivity index (χ0) is 35.3. The first-order valence-corrected chi connectivity index (χ1v) is 19.9. The van der Waals surface area contributed by atoms with E-state index in [1.54, 1.807) is 0 Å². The molecule has 0 N–H and O–H groups in total. The topological polar surface area (TPSA) is 13.1 Å². The van der Waals surface area contributed by atoms with Gasteiger partial charge >= 0.3 is 0 Å². The zero-order valence-electron chi connectivity index (χ0n) is 29.6. The van der Waals surface area contributed by atoms with Crippen LogP contribution >= 0.6 is 11.8 Å². The summed E-state index contributed by atoms with van der Waals surface area (Å²) in [5.41, 5.74) is 11.5. The molecular formula is C52H34OS. The van der Waals surface area contributed by atoms with Gasteiger partial charge in [-0.3, -0.25) is 0 Å². The third kappa shape index (κ3) is 4.47. The molecule has 8 aromatic carbocycles. The van der Waals surface area contributed by atoms with Crippen molar-refractivity contribution in [2.24, 2.45) is 0 Å². The van der Waals surface area contributed by atoms with Crippen LogP contribution in [0.15, 0.2) is 178 Å². The lowest BCUT2D eigenvalue weighted by Crippen LogP contribution is -2.02. The average Bonchev–Trinajstić information content (AvgIpc) is 3.77. The Hall–Kier alpha value is -6.09. The second kappa shape index (κ2) is 11.7. The molecule has 1 atom stereocenters. The van der Waals surface area contributed by atoms with E-state index in [9.17, 15) is 0 Å². The van der Waals surface area contributed by atoms with E-state index in [2.05, 4.69) is 158 Å². The Balaban J connectivity index is 0.988. The van der Waals surface area contributed by atoms with Crippen molar-refractivity contribution in [1.29, 1.82) is 0 Å². The predicted molar refractivity (Wildman–Crippen MR) is 231 cm³/mol. The first-order chi connectivity index (χ1) is 26.8. The molecule has 2 heteroatoms. The van der Waals surface area contributed by atoms with E-state index in [1.807, 2.05) is 17.8 Å². The largest absolute Gasteiger partial charge is 0.456 e. The van der Waals surface area contributed by atoms with E-state index in [4.69, 9.17) is 4.42 Å². The molecule has 1 nitrogen and oxygen atoms in total. The zero-order valence-corrected chi connectivity index (χ0v) is 30.4. The summed E-state index contributed by atoms with van der Waals surface area (Å²) in [6.07, 6.45) is 14.7. The second-order valence-corrected chi connectivity index (χ2v) is 16.1. The fourth-order valence-electron chi connectivity index (χ4n) is 9.63. The lowest BCUT2D eigenvalue weighted by Gasteiger charge is -2.23. The van der Waals surface area contributed by atoms with Gasteiger partial charge in [0, 0.05) is 21.6 Å². The molecule has 0 radical (unpaired) electrons. The number of thioether (sulfide) groups is 1. The maximum absolute atomic E-state index is 6.25. The normalized spacial score (nSPS) is 16.7. The van der Waals surface area contributed by atoms with Crippen LogP contribution in [0.25, 0.3) is 87.3 Å². The third-order valence-corrected chi connectivity index (χ3v) is 13.3. The molecular weight excluding hydrogens is 673 g/mol. The minimum absolute atomic E-state index is 0.356. The quantitative estimate of drug-likeness (QED) is 0.170. The molecule has 254 valence electrons. The van der Waals surface area contributed by atoms with Gasteiger partial charge in [-0.25, -0.2) is 0 Å². The highest BCUT2D eigenvalue weighted by molar-refractivity contribution is 8.03. The number of para-hydroxylation sites is 1. The summed E-state index contributed by atoms with van der Waals surface area (Å²) in [4.78, 5) is 2.81. The molecule has 2 heterocycles. The van der Waals surface area contributed by atoms with Crippen LogP contribution in [-0.2, 0) is 0 Å². The van der Waals surface area contributed by atoms with Crippen LogP contribution in [0.4, 0.5) is 0 Å². The molecule has 2 aliphatic carbocycles. The smallest absolute Gasteiger partial charge is 0.136 e. The Bertz CT molecular complexity index is 3160. The lowest BCUT2D eigenvalue weighted by atomic mass is 9.81. The summed E-state index contributed by atoms with van der Waals surface area (Å²) >= 11 is 1.94. The molecule has 0 bridgehead atoms. The Labute approximate surface area is 317 Å². The van der Waals surface area contributed by atoms with Crippen molar-refractivity contribution in [2.45, 2.75) is 30.1 Å². The highest BCUT2D eigenvalue weighted by atomic mass is 32.2. The first-order valence-electron chi connectivity index (χ1n) is 19.1. The van der Waals surface area contributed by atoms with Gasteiger partial charge in [-0.05, 0) is 137 Å². The molecule has 0 spiro atoms. The molecule has 9 aromatic rings. The van der Waals surface area contributed by atoms with Gasteiger partial charge in [0.2, 0.25) is 0 Å². The van der Waals surface area contributed by atoms with Crippen molar-refractivity contribution >= 4 is 87.9 Å². The van der Waals surface area contributed by atoms with Crippen LogP contribution in [0.1, 0.15) is 41.9 Å². The van der Waals surface area contributed by atoms with Crippen LogP contribution in [0.5, 0.6) is 0 Å². The van der Waals surface area contributed by atoms with Crippen LogP contribution < -0.4 is 0 Å². The number of furan rings is 1. The maximum atomic E-state index is 6.25. The molecule has 1 aromatic heterocycles. The summed E-state index contributed by atoms with van der Waals surface area (Å²) in [5, 5.41) is 12.8. The first kappa shape index (κ1) is 30.4. The number of allylic oxidation sites excluding steroid dienone is 8. The van der Waals surface area contributed by atoms with Crippen LogP contribution in [0, 0.1) is 0 Å². The van der Waals surface area contributed by atoms with E-state index in [1.165, 1.54) is 103 Å². The molecule has 0 fully saturated rings. The standard InChI is InChI=1S/C52H34OS/c1-2-12-31(13-3-1)51-39-17-6-8-19-41(39)52(42-20-9-7-18-40(42)51)43-24-23-35(36-14-4-5-15-37(36)43)32-22-25-49-45(26-32)46-28-33-27-44-38-16-10-11-21-47(38)53-48(44)29-34(33)30-50(46)54-49/h1-2,4-12,14-25,27-30,45H,3,13,26H2. The molecule has 0 saturated carbocycles. The Morgan fingerprint density at radius 3 is 1.89 bits per heavy atom. The number of benzene rings is 8.